The maximum Gasteiger partial charge on any atom is 0.253 e. The van der Waals surface area contributed by atoms with Crippen molar-refractivity contribution in [2.75, 3.05) is 23.7 Å². The number of carbonyl (C=O) groups excluding carboxylic acids is 1. The number of nitrogens with two attached hydrogens (primary N) is 1. The molecule has 1 saturated carbocycles. The summed E-state index contributed by atoms with van der Waals surface area (Å²) >= 11 is 0. The quantitative estimate of drug-likeness (QED) is 0.586. The highest BCUT2D eigenvalue weighted by atomic mass is 16.2. The summed E-state index contributed by atoms with van der Waals surface area (Å²) in [4.78, 5) is 18.9. The molecule has 0 bridgehead atoms. The summed E-state index contributed by atoms with van der Waals surface area (Å²) in [7, 11) is 0. The predicted molar refractivity (Wildman–Crippen MR) is 122 cm³/mol. The maximum atomic E-state index is 12.6. The Morgan fingerprint density at radius 1 is 1.06 bits per heavy atom. The van der Waals surface area contributed by atoms with Crippen molar-refractivity contribution in [3.63, 3.8) is 0 Å². The van der Waals surface area contributed by atoms with Gasteiger partial charge in [-0.2, -0.15) is 0 Å². The molecule has 1 amide bonds. The lowest BCUT2D eigenvalue weighted by atomic mass is 9.92. The van der Waals surface area contributed by atoms with Crippen LogP contribution in [0.5, 0.6) is 0 Å². The Labute approximate surface area is 181 Å². The first-order valence-corrected chi connectivity index (χ1v) is 11.2. The van der Waals surface area contributed by atoms with Gasteiger partial charge >= 0.3 is 0 Å². The predicted octanol–water partition coefficient (Wildman–Crippen LogP) is 3.39. The molecular weight excluding hydrogens is 390 g/mol. The summed E-state index contributed by atoms with van der Waals surface area (Å²) in [5, 5.41) is 11.7. The van der Waals surface area contributed by atoms with E-state index in [4.69, 9.17) is 5.73 Å². The van der Waals surface area contributed by atoms with E-state index in [9.17, 15) is 4.79 Å². The summed E-state index contributed by atoms with van der Waals surface area (Å²) in [6, 6.07) is 10.4. The van der Waals surface area contributed by atoms with Crippen LogP contribution in [-0.2, 0) is 0 Å². The third kappa shape index (κ3) is 4.34. The van der Waals surface area contributed by atoms with E-state index in [0.29, 0.717) is 12.1 Å². The monoisotopic (exact) mass is 419 g/mol. The van der Waals surface area contributed by atoms with E-state index in [1.807, 2.05) is 41.4 Å². The van der Waals surface area contributed by atoms with Crippen LogP contribution in [0.15, 0.2) is 42.7 Å². The number of nitrogens with zero attached hydrogens (tertiary/aromatic N) is 4. The van der Waals surface area contributed by atoms with E-state index >= 15 is 0 Å². The Balaban J connectivity index is 1.33. The molecule has 5 rings (SSSR count). The molecule has 31 heavy (non-hydrogen) atoms. The molecule has 8 heteroatoms. The van der Waals surface area contributed by atoms with Gasteiger partial charge in [-0.25, -0.2) is 9.50 Å². The van der Waals surface area contributed by atoms with E-state index in [2.05, 4.69) is 20.7 Å². The van der Waals surface area contributed by atoms with Crippen molar-refractivity contribution < 1.29 is 4.79 Å². The molecule has 1 aromatic carbocycles. The number of amides is 1. The highest BCUT2D eigenvalue weighted by molar-refractivity contribution is 5.94. The van der Waals surface area contributed by atoms with Crippen molar-refractivity contribution in [1.29, 1.82) is 0 Å². The lowest BCUT2D eigenvalue weighted by Crippen LogP contribution is -2.33. The SMILES string of the molecule is N[C@H]1CC[C@H](Nc2cc(Nc3ccc(C(=O)N4CCCC4)cc3)c3nccn3n2)CC1. The number of benzene rings is 1. The third-order valence-electron chi connectivity index (χ3n) is 6.29. The molecule has 4 N–H and O–H groups in total. The molecule has 3 aromatic rings. The van der Waals surface area contributed by atoms with Gasteiger partial charge in [0, 0.05) is 54.9 Å². The second kappa shape index (κ2) is 8.55. The minimum atomic E-state index is 0.113. The van der Waals surface area contributed by atoms with Crippen molar-refractivity contribution >= 4 is 28.7 Å². The summed E-state index contributed by atoms with van der Waals surface area (Å²) in [6.07, 6.45) is 9.97. The molecule has 2 aliphatic rings. The fourth-order valence-corrected chi connectivity index (χ4v) is 4.51. The van der Waals surface area contributed by atoms with Crippen LogP contribution in [0.1, 0.15) is 48.9 Å². The van der Waals surface area contributed by atoms with Gasteiger partial charge in [-0.3, -0.25) is 4.79 Å². The molecule has 1 saturated heterocycles. The highest BCUT2D eigenvalue weighted by Gasteiger charge is 2.20. The van der Waals surface area contributed by atoms with Crippen molar-refractivity contribution in [2.24, 2.45) is 5.73 Å². The number of hydrogen-bond acceptors (Lipinski definition) is 6. The summed E-state index contributed by atoms with van der Waals surface area (Å²) in [6.45, 7) is 1.72. The minimum Gasteiger partial charge on any atom is -0.366 e. The average Bonchev–Trinajstić information content (AvgIpc) is 3.48. The third-order valence-corrected chi connectivity index (χ3v) is 6.29. The Kier molecular flexibility index (Phi) is 5.46. The Morgan fingerprint density at radius 2 is 1.81 bits per heavy atom. The second-order valence-corrected chi connectivity index (χ2v) is 8.60. The Morgan fingerprint density at radius 3 is 2.55 bits per heavy atom. The highest BCUT2D eigenvalue weighted by Crippen LogP contribution is 2.26. The smallest absolute Gasteiger partial charge is 0.253 e. The number of imidazole rings is 1. The standard InChI is InChI=1S/C23H29N7O/c24-17-5-9-19(10-6-17)27-21-15-20(22-25-11-14-30(22)28-21)26-18-7-3-16(4-8-18)23(31)29-12-1-2-13-29/h3-4,7-8,11,14-15,17,19,26H,1-2,5-6,9-10,12-13,24H2,(H,27,28)/t17-,19-. The van der Waals surface area contributed by atoms with Gasteiger partial charge < -0.3 is 21.3 Å². The molecule has 162 valence electrons. The van der Waals surface area contributed by atoms with Crippen LogP contribution in [0, 0.1) is 0 Å². The molecule has 3 heterocycles. The second-order valence-electron chi connectivity index (χ2n) is 8.60. The van der Waals surface area contributed by atoms with Gasteiger partial charge in [0.2, 0.25) is 0 Å². The van der Waals surface area contributed by atoms with Gasteiger partial charge in [0.15, 0.2) is 5.65 Å². The molecule has 1 aliphatic heterocycles. The van der Waals surface area contributed by atoms with Gasteiger partial charge in [0.25, 0.3) is 5.91 Å². The van der Waals surface area contributed by atoms with Crippen molar-refractivity contribution in [2.45, 2.75) is 50.6 Å². The number of carbonyl (C=O) groups is 1. The first-order chi connectivity index (χ1) is 15.2. The molecule has 1 aliphatic carbocycles. The summed E-state index contributed by atoms with van der Waals surface area (Å²) < 4.78 is 1.78. The van der Waals surface area contributed by atoms with Crippen LogP contribution in [0.2, 0.25) is 0 Å². The van der Waals surface area contributed by atoms with Gasteiger partial charge in [-0.05, 0) is 62.8 Å². The number of nitrogens with one attached hydrogen (secondary N) is 2. The number of hydrogen-bond donors (Lipinski definition) is 3. The zero-order valence-corrected chi connectivity index (χ0v) is 17.6. The minimum absolute atomic E-state index is 0.113. The normalized spacial score (nSPS) is 21.4. The number of fused-ring (bicyclic) bond motifs is 1. The Bertz CT molecular complexity index is 1050. The van der Waals surface area contributed by atoms with Crippen LogP contribution in [-0.4, -0.2) is 50.6 Å². The first-order valence-electron chi connectivity index (χ1n) is 11.2. The number of likely N-dealkylation sites (tertiary alicyclic amines) is 1. The van der Waals surface area contributed by atoms with Gasteiger partial charge in [-0.15, -0.1) is 5.10 Å². The van der Waals surface area contributed by atoms with Crippen LogP contribution in [0.4, 0.5) is 17.2 Å². The summed E-state index contributed by atoms with van der Waals surface area (Å²) in [5.74, 6) is 0.927. The van der Waals surface area contributed by atoms with E-state index in [1.165, 1.54) is 0 Å². The molecule has 0 atom stereocenters. The molecule has 8 nitrogen and oxygen atoms in total. The van der Waals surface area contributed by atoms with Crippen molar-refractivity contribution in [3.8, 4) is 0 Å². The maximum absolute atomic E-state index is 12.6. The molecule has 0 radical (unpaired) electrons. The van der Waals surface area contributed by atoms with E-state index in [-0.39, 0.29) is 5.91 Å². The molecule has 2 aromatic heterocycles. The number of rotatable bonds is 5. The zero-order chi connectivity index (χ0) is 21.2. The zero-order valence-electron chi connectivity index (χ0n) is 17.6. The van der Waals surface area contributed by atoms with E-state index in [0.717, 1.165) is 80.0 Å². The Hall–Kier alpha value is -3.13. The molecule has 2 fully saturated rings. The van der Waals surface area contributed by atoms with E-state index in [1.54, 1.807) is 10.7 Å². The number of anilines is 3. The topological polar surface area (TPSA) is 101 Å². The van der Waals surface area contributed by atoms with Crippen LogP contribution >= 0.6 is 0 Å². The van der Waals surface area contributed by atoms with E-state index < -0.39 is 0 Å². The van der Waals surface area contributed by atoms with Gasteiger partial charge in [0.1, 0.15) is 5.82 Å². The average molecular weight is 420 g/mol. The first kappa shape index (κ1) is 19.8. The van der Waals surface area contributed by atoms with Gasteiger partial charge in [-0.1, -0.05) is 0 Å². The molecular formula is C23H29N7O. The lowest BCUT2D eigenvalue weighted by molar-refractivity contribution is 0.0793. The fourth-order valence-electron chi connectivity index (χ4n) is 4.51. The number of aromatic nitrogens is 3. The fraction of sp³-hybridized carbons (Fsp3) is 0.435. The van der Waals surface area contributed by atoms with Crippen molar-refractivity contribution in [1.82, 2.24) is 19.5 Å². The molecule has 0 unspecified atom stereocenters. The molecule has 0 spiro atoms. The van der Waals surface area contributed by atoms with Crippen LogP contribution < -0.4 is 16.4 Å². The van der Waals surface area contributed by atoms with Gasteiger partial charge in [0.05, 0.1) is 5.69 Å². The van der Waals surface area contributed by atoms with Crippen LogP contribution in [0.25, 0.3) is 5.65 Å². The summed E-state index contributed by atoms with van der Waals surface area (Å²) in [5.41, 5.74) is 9.30. The largest absolute Gasteiger partial charge is 0.366 e. The van der Waals surface area contributed by atoms with Crippen LogP contribution in [0.3, 0.4) is 0 Å². The van der Waals surface area contributed by atoms with Crippen molar-refractivity contribution in [3.05, 3.63) is 48.3 Å². The lowest BCUT2D eigenvalue weighted by Gasteiger charge is -2.27.